The average Bonchev–Trinajstić information content (AvgIpc) is 3.68. The third kappa shape index (κ3) is 5.88. The molecule has 0 saturated carbocycles. The third-order valence-electron chi connectivity index (χ3n) is 7.18. The molecule has 0 spiro atoms. The molecule has 3 heterocycles. The number of aromatic nitrogens is 6. The molecule has 6 rings (SSSR count). The van der Waals surface area contributed by atoms with Crippen molar-refractivity contribution in [2.75, 3.05) is 14.2 Å². The molecule has 43 heavy (non-hydrogen) atoms. The Labute approximate surface area is 290 Å². The second-order valence-corrected chi connectivity index (χ2v) is 9.69. The first-order chi connectivity index (χ1) is 20.5. The van der Waals surface area contributed by atoms with Crippen molar-refractivity contribution in [3.63, 3.8) is 0 Å². The molecular weight excluding hydrogens is 575 g/mol. The minimum absolute atomic E-state index is 0. The van der Waals surface area contributed by atoms with Crippen molar-refractivity contribution in [2.45, 2.75) is 26.2 Å². The van der Waals surface area contributed by atoms with Crippen molar-refractivity contribution < 1.29 is 66.8 Å². The van der Waals surface area contributed by atoms with Gasteiger partial charge in [-0.2, -0.15) is 10.1 Å². The number of H-pyrrole nitrogens is 1. The Morgan fingerprint density at radius 3 is 2.37 bits per heavy atom. The molecule has 0 amide bonds. The SMILES string of the molecule is CCCc1c(Cc2ccc(-c3ccccc3-c3noc(=O)[nH]3)cc2)c(=O)n(-c2ccc(OC)c(OC)c2)c2ncnn12.[H-].[K+]. The van der Waals surface area contributed by atoms with E-state index in [0.717, 1.165) is 34.4 Å². The van der Waals surface area contributed by atoms with Gasteiger partial charge in [0.2, 0.25) is 5.78 Å². The van der Waals surface area contributed by atoms with Gasteiger partial charge in [0.1, 0.15) is 6.33 Å². The molecular formula is C31H29KN6O5. The van der Waals surface area contributed by atoms with Gasteiger partial charge in [-0.05, 0) is 35.2 Å². The number of hydrogen-bond donors (Lipinski definition) is 1. The Bertz CT molecular complexity index is 2020. The minimum Gasteiger partial charge on any atom is -1.00 e. The predicted molar refractivity (Wildman–Crippen MR) is 158 cm³/mol. The zero-order valence-corrected chi connectivity index (χ0v) is 27.4. The van der Waals surface area contributed by atoms with Crippen molar-refractivity contribution in [3.8, 4) is 39.7 Å². The van der Waals surface area contributed by atoms with Crippen LogP contribution in [0.3, 0.4) is 0 Å². The molecule has 0 fully saturated rings. The van der Waals surface area contributed by atoms with Gasteiger partial charge < -0.3 is 10.9 Å². The van der Waals surface area contributed by atoms with Crippen LogP contribution in [0.15, 0.2) is 87.2 Å². The van der Waals surface area contributed by atoms with Gasteiger partial charge in [0, 0.05) is 23.6 Å². The van der Waals surface area contributed by atoms with Crippen LogP contribution < -0.4 is 72.2 Å². The predicted octanol–water partition coefficient (Wildman–Crippen LogP) is 1.57. The van der Waals surface area contributed by atoms with Gasteiger partial charge in [-0.15, -0.1) is 0 Å². The fourth-order valence-electron chi connectivity index (χ4n) is 5.22. The van der Waals surface area contributed by atoms with E-state index < -0.39 is 5.76 Å². The van der Waals surface area contributed by atoms with Crippen LogP contribution in [-0.2, 0) is 12.8 Å². The van der Waals surface area contributed by atoms with Crippen molar-refractivity contribution >= 4 is 5.78 Å². The van der Waals surface area contributed by atoms with E-state index in [9.17, 15) is 9.59 Å². The summed E-state index contributed by atoms with van der Waals surface area (Å²) in [5.74, 6) is 1.25. The maximum atomic E-state index is 14.2. The molecule has 0 unspecified atom stereocenters. The Balaban J connectivity index is 0.00000221. The van der Waals surface area contributed by atoms with Gasteiger partial charge in [-0.3, -0.25) is 14.3 Å². The van der Waals surface area contributed by atoms with Gasteiger partial charge in [-0.25, -0.2) is 13.9 Å². The number of aryl methyl sites for hydroxylation is 1. The summed E-state index contributed by atoms with van der Waals surface area (Å²) in [4.78, 5) is 32.8. The third-order valence-corrected chi connectivity index (χ3v) is 7.18. The van der Waals surface area contributed by atoms with Crippen LogP contribution in [0.25, 0.3) is 34.0 Å². The summed E-state index contributed by atoms with van der Waals surface area (Å²) in [7, 11) is 3.12. The Kier molecular flexibility index (Phi) is 9.42. The molecule has 0 radical (unpaired) electrons. The Hall–Kier alpha value is -3.81. The van der Waals surface area contributed by atoms with E-state index in [2.05, 4.69) is 27.1 Å². The first-order valence-corrected chi connectivity index (χ1v) is 13.5. The number of ether oxygens (including phenoxy) is 2. The van der Waals surface area contributed by atoms with E-state index >= 15 is 0 Å². The molecule has 0 aliphatic carbocycles. The number of benzene rings is 3. The zero-order valence-electron chi connectivity index (χ0n) is 25.3. The summed E-state index contributed by atoms with van der Waals surface area (Å²) in [5, 5.41) is 8.34. The maximum Gasteiger partial charge on any atom is 1.00 e. The molecule has 214 valence electrons. The molecule has 0 atom stereocenters. The number of fused-ring (bicyclic) bond motifs is 1. The van der Waals surface area contributed by atoms with Crippen LogP contribution >= 0.6 is 0 Å². The fourth-order valence-corrected chi connectivity index (χ4v) is 5.22. The topological polar surface area (TPSA) is 130 Å². The van der Waals surface area contributed by atoms with E-state index in [-0.39, 0.29) is 58.4 Å². The monoisotopic (exact) mass is 604 g/mol. The summed E-state index contributed by atoms with van der Waals surface area (Å²) < 4.78 is 18.9. The smallest absolute Gasteiger partial charge is 1.00 e. The van der Waals surface area contributed by atoms with Gasteiger partial charge in [0.15, 0.2) is 17.3 Å². The normalized spacial score (nSPS) is 11.0. The molecule has 0 saturated heterocycles. The van der Waals surface area contributed by atoms with Crippen LogP contribution in [0.1, 0.15) is 31.6 Å². The maximum absolute atomic E-state index is 14.2. The number of rotatable bonds is 9. The summed E-state index contributed by atoms with van der Waals surface area (Å²) >= 11 is 0. The van der Waals surface area contributed by atoms with Crippen molar-refractivity contribution in [3.05, 3.63) is 111 Å². The molecule has 0 aliphatic heterocycles. The van der Waals surface area contributed by atoms with Crippen molar-refractivity contribution in [1.82, 2.24) is 29.3 Å². The van der Waals surface area contributed by atoms with Crippen LogP contribution in [0.4, 0.5) is 0 Å². The number of methoxy groups -OCH3 is 2. The summed E-state index contributed by atoms with van der Waals surface area (Å²) in [6, 6.07) is 20.9. The number of aromatic amines is 1. The molecule has 11 nitrogen and oxygen atoms in total. The largest absolute Gasteiger partial charge is 1.00 e. The van der Waals surface area contributed by atoms with Crippen LogP contribution in [0.2, 0.25) is 0 Å². The Morgan fingerprint density at radius 1 is 0.953 bits per heavy atom. The first-order valence-electron chi connectivity index (χ1n) is 13.5. The summed E-state index contributed by atoms with van der Waals surface area (Å²) in [6.07, 6.45) is 3.36. The molecule has 6 aromatic rings. The van der Waals surface area contributed by atoms with Gasteiger partial charge >= 0.3 is 57.1 Å². The van der Waals surface area contributed by atoms with Gasteiger partial charge in [0.05, 0.1) is 25.6 Å². The van der Waals surface area contributed by atoms with E-state index in [0.29, 0.717) is 47.2 Å². The average molecular weight is 605 g/mol. The molecule has 0 bridgehead atoms. The molecule has 12 heteroatoms. The molecule has 3 aromatic carbocycles. The van der Waals surface area contributed by atoms with Crippen LogP contribution in [0, 0.1) is 0 Å². The van der Waals surface area contributed by atoms with Crippen LogP contribution in [-0.4, -0.2) is 43.5 Å². The molecule has 1 N–H and O–H groups in total. The summed E-state index contributed by atoms with van der Waals surface area (Å²) in [5.41, 5.74) is 5.42. The Morgan fingerprint density at radius 2 is 1.70 bits per heavy atom. The standard InChI is InChI=1S/C31H28N6O5.K.H/c1-4-7-25-24(29(38)36(30-32-18-33-37(25)30)21-14-15-26(40-2)27(17-21)41-3)16-19-10-12-20(13-11-19)22-8-5-6-9-23(22)28-34-31(39)42-35-28;;/h5-6,8-15,17-18H,4,7,16H2,1-3H3,(H,34,35,39);;/q;+1;-1. The number of nitrogens with zero attached hydrogens (tertiary/aromatic N) is 5. The molecule has 3 aromatic heterocycles. The second-order valence-electron chi connectivity index (χ2n) is 9.69. The minimum atomic E-state index is -0.610. The van der Waals surface area contributed by atoms with Gasteiger partial charge in [0.25, 0.3) is 5.56 Å². The molecule has 0 aliphatic rings. The van der Waals surface area contributed by atoms with E-state index in [4.69, 9.17) is 14.0 Å². The van der Waals surface area contributed by atoms with E-state index in [1.165, 1.54) is 6.33 Å². The number of nitrogens with one attached hydrogen (secondary N) is 1. The number of hydrogen-bond acceptors (Lipinski definition) is 8. The second kappa shape index (κ2) is 13.2. The van der Waals surface area contributed by atoms with E-state index in [1.807, 2.05) is 48.5 Å². The first kappa shape index (κ1) is 30.6. The summed E-state index contributed by atoms with van der Waals surface area (Å²) in [6.45, 7) is 2.07. The van der Waals surface area contributed by atoms with Gasteiger partial charge in [-0.1, -0.05) is 67.0 Å². The quantitative estimate of drug-likeness (QED) is 0.246. The van der Waals surface area contributed by atoms with E-state index in [1.54, 1.807) is 41.5 Å². The fraction of sp³-hybridized carbons (Fsp3) is 0.194. The van der Waals surface area contributed by atoms with Crippen LogP contribution in [0.5, 0.6) is 11.5 Å². The van der Waals surface area contributed by atoms with Crippen molar-refractivity contribution in [2.24, 2.45) is 0 Å². The van der Waals surface area contributed by atoms with Crippen molar-refractivity contribution in [1.29, 1.82) is 0 Å². The zero-order chi connectivity index (χ0) is 29.2.